The van der Waals surface area contributed by atoms with E-state index in [1.807, 2.05) is 0 Å². The number of rotatable bonds is 2. The molecule has 0 amide bonds. The maximum Gasteiger partial charge on any atom is 0.296 e. The first-order valence-electron chi connectivity index (χ1n) is 5.71. The van der Waals surface area contributed by atoms with Crippen molar-refractivity contribution in [2.75, 3.05) is 13.2 Å². The third-order valence-corrected chi connectivity index (χ3v) is 4.06. The Morgan fingerprint density at radius 1 is 1.20 bits per heavy atom. The molecular weight excluding hydrogens is 306 g/mol. The predicted octanol–water partition coefficient (Wildman–Crippen LogP) is 1.18. The summed E-state index contributed by atoms with van der Waals surface area (Å²) in [6.45, 7) is 0.974. The van der Waals surface area contributed by atoms with E-state index in [0.29, 0.717) is 36.1 Å². The molecule has 106 valence electrons. The first-order chi connectivity index (χ1) is 9.47. The van der Waals surface area contributed by atoms with Crippen molar-refractivity contribution in [3.05, 3.63) is 18.2 Å². The second-order valence-electron chi connectivity index (χ2n) is 4.16. The van der Waals surface area contributed by atoms with Crippen LogP contribution in [-0.2, 0) is 16.1 Å². The maximum absolute atomic E-state index is 11.3. The summed E-state index contributed by atoms with van der Waals surface area (Å²) in [6.07, 6.45) is 0. The summed E-state index contributed by atoms with van der Waals surface area (Å²) >= 11 is 0. The summed E-state index contributed by atoms with van der Waals surface area (Å²) in [7, 11) is 2.88. The molecule has 0 saturated carbocycles. The van der Waals surface area contributed by atoms with Gasteiger partial charge in [-0.1, -0.05) is 0 Å². The molecule has 1 aliphatic rings. The van der Waals surface area contributed by atoms with Crippen LogP contribution < -0.4 is 9.47 Å². The number of aromatic nitrogens is 3. The highest BCUT2D eigenvalue weighted by atomic mass is 35.7. The van der Waals surface area contributed by atoms with Gasteiger partial charge in [-0.05, 0) is 18.2 Å². The Hall–Kier alpha value is -1.80. The molecule has 2 heterocycles. The molecule has 7 nitrogen and oxygen atoms in total. The Balaban J connectivity index is 2.08. The fourth-order valence-electron chi connectivity index (χ4n) is 1.96. The van der Waals surface area contributed by atoms with Crippen molar-refractivity contribution >= 4 is 19.7 Å². The Morgan fingerprint density at radius 3 is 2.55 bits per heavy atom. The zero-order valence-electron chi connectivity index (χ0n) is 10.4. The number of nitrogens with zero attached hydrogens (tertiary/aromatic N) is 3. The lowest BCUT2D eigenvalue weighted by atomic mass is 10.2. The normalized spacial score (nSPS) is 14.3. The standard InChI is InChI=1S/C11H10ClN3O4S/c1-15-10(13-14-11(15)20(12,16)17)7-2-3-8-9(6-7)19-5-4-18-8/h2-3,6H,4-5H2,1H3. The van der Waals surface area contributed by atoms with Crippen molar-refractivity contribution < 1.29 is 17.9 Å². The van der Waals surface area contributed by atoms with Crippen molar-refractivity contribution in [1.82, 2.24) is 14.8 Å². The van der Waals surface area contributed by atoms with E-state index in [1.54, 1.807) is 18.2 Å². The molecule has 0 aliphatic carbocycles. The Bertz CT molecular complexity index is 772. The Morgan fingerprint density at radius 2 is 1.90 bits per heavy atom. The van der Waals surface area contributed by atoms with Gasteiger partial charge in [0.05, 0.1) is 0 Å². The smallest absolute Gasteiger partial charge is 0.296 e. The number of hydrogen-bond donors (Lipinski definition) is 0. The minimum absolute atomic E-state index is 0.302. The van der Waals surface area contributed by atoms with Crippen LogP contribution in [0.15, 0.2) is 23.4 Å². The van der Waals surface area contributed by atoms with Gasteiger partial charge in [0.25, 0.3) is 14.2 Å². The number of fused-ring (bicyclic) bond motifs is 1. The first-order valence-corrected chi connectivity index (χ1v) is 8.02. The summed E-state index contributed by atoms with van der Waals surface area (Å²) in [5.74, 6) is 1.61. The van der Waals surface area contributed by atoms with E-state index >= 15 is 0 Å². The van der Waals surface area contributed by atoms with E-state index in [1.165, 1.54) is 11.6 Å². The van der Waals surface area contributed by atoms with Crippen LogP contribution in [0.5, 0.6) is 11.5 Å². The SMILES string of the molecule is Cn1c(-c2ccc3c(c2)OCCO3)nnc1S(=O)(=O)Cl. The molecule has 2 aromatic rings. The molecule has 0 N–H and O–H groups in total. The molecule has 9 heteroatoms. The van der Waals surface area contributed by atoms with E-state index in [4.69, 9.17) is 20.2 Å². The van der Waals surface area contributed by atoms with Gasteiger partial charge in [0.15, 0.2) is 17.3 Å². The predicted molar refractivity (Wildman–Crippen MR) is 70.5 cm³/mol. The molecule has 0 saturated heterocycles. The van der Waals surface area contributed by atoms with E-state index in [0.717, 1.165) is 0 Å². The van der Waals surface area contributed by atoms with Gasteiger partial charge in [0.2, 0.25) is 0 Å². The highest BCUT2D eigenvalue weighted by Crippen LogP contribution is 2.34. The third-order valence-electron chi connectivity index (χ3n) is 2.85. The maximum atomic E-state index is 11.3. The van der Waals surface area contributed by atoms with Gasteiger partial charge in [-0.2, -0.15) is 0 Å². The van der Waals surface area contributed by atoms with Crippen LogP contribution in [0, 0.1) is 0 Å². The molecule has 1 aromatic carbocycles. The van der Waals surface area contributed by atoms with Gasteiger partial charge in [0, 0.05) is 23.3 Å². The Labute approximate surface area is 119 Å². The summed E-state index contributed by atoms with van der Waals surface area (Å²) in [4.78, 5) is 0. The van der Waals surface area contributed by atoms with E-state index in [-0.39, 0.29) is 5.16 Å². The van der Waals surface area contributed by atoms with Crippen molar-refractivity contribution in [1.29, 1.82) is 0 Å². The molecule has 1 aromatic heterocycles. The van der Waals surface area contributed by atoms with Crippen LogP contribution in [0.2, 0.25) is 0 Å². The summed E-state index contributed by atoms with van der Waals surface area (Å²) in [5.41, 5.74) is 0.663. The van der Waals surface area contributed by atoms with E-state index in [2.05, 4.69) is 10.2 Å². The topological polar surface area (TPSA) is 83.3 Å². The average Bonchev–Trinajstić information content (AvgIpc) is 2.80. The molecule has 0 fully saturated rings. The molecule has 1 aliphatic heterocycles. The Kier molecular flexibility index (Phi) is 3.06. The van der Waals surface area contributed by atoms with Crippen LogP contribution >= 0.6 is 10.7 Å². The molecule has 0 bridgehead atoms. The zero-order chi connectivity index (χ0) is 14.3. The fraction of sp³-hybridized carbons (Fsp3) is 0.273. The van der Waals surface area contributed by atoms with Gasteiger partial charge in [-0.15, -0.1) is 10.2 Å². The number of benzene rings is 1. The molecule has 20 heavy (non-hydrogen) atoms. The zero-order valence-corrected chi connectivity index (χ0v) is 12.0. The van der Waals surface area contributed by atoms with Crippen molar-refractivity contribution in [3.63, 3.8) is 0 Å². The second kappa shape index (κ2) is 4.64. The summed E-state index contributed by atoms with van der Waals surface area (Å²) in [5, 5.41) is 7.15. The molecule has 0 spiro atoms. The lowest BCUT2D eigenvalue weighted by Crippen LogP contribution is -2.15. The highest BCUT2D eigenvalue weighted by molar-refractivity contribution is 8.13. The number of hydrogen-bond acceptors (Lipinski definition) is 6. The lowest BCUT2D eigenvalue weighted by Gasteiger charge is -2.18. The molecular formula is C11H10ClN3O4S. The third kappa shape index (κ3) is 2.20. The summed E-state index contributed by atoms with van der Waals surface area (Å²) < 4.78 is 34.9. The van der Waals surface area contributed by atoms with Crippen LogP contribution in [0.4, 0.5) is 0 Å². The molecule has 3 rings (SSSR count). The fourth-order valence-corrected chi connectivity index (χ4v) is 2.92. The van der Waals surface area contributed by atoms with Gasteiger partial charge in [0.1, 0.15) is 13.2 Å². The van der Waals surface area contributed by atoms with Crippen molar-refractivity contribution in [2.45, 2.75) is 5.16 Å². The first kappa shape index (κ1) is 13.2. The molecule has 0 unspecified atom stereocenters. The van der Waals surface area contributed by atoms with Gasteiger partial charge >= 0.3 is 0 Å². The van der Waals surface area contributed by atoms with Gasteiger partial charge in [-0.25, -0.2) is 8.42 Å². The van der Waals surface area contributed by atoms with Crippen LogP contribution in [0.3, 0.4) is 0 Å². The van der Waals surface area contributed by atoms with Crippen molar-refractivity contribution in [3.8, 4) is 22.9 Å². The average molecular weight is 316 g/mol. The number of halogens is 1. The monoisotopic (exact) mass is 315 g/mol. The lowest BCUT2D eigenvalue weighted by molar-refractivity contribution is 0.171. The summed E-state index contributed by atoms with van der Waals surface area (Å²) in [6, 6.07) is 5.22. The van der Waals surface area contributed by atoms with Gasteiger partial charge in [-0.3, -0.25) is 4.57 Å². The minimum atomic E-state index is -3.93. The molecule has 0 atom stereocenters. The van der Waals surface area contributed by atoms with Crippen LogP contribution in [0.1, 0.15) is 0 Å². The number of ether oxygens (including phenoxy) is 2. The molecule has 0 radical (unpaired) electrons. The van der Waals surface area contributed by atoms with Gasteiger partial charge < -0.3 is 9.47 Å². The minimum Gasteiger partial charge on any atom is -0.486 e. The van der Waals surface area contributed by atoms with E-state index < -0.39 is 9.05 Å². The largest absolute Gasteiger partial charge is 0.486 e. The van der Waals surface area contributed by atoms with Crippen LogP contribution in [-0.4, -0.2) is 36.4 Å². The van der Waals surface area contributed by atoms with Crippen molar-refractivity contribution in [2.24, 2.45) is 7.05 Å². The quantitative estimate of drug-likeness (QED) is 0.774. The van der Waals surface area contributed by atoms with Crippen LogP contribution in [0.25, 0.3) is 11.4 Å². The van der Waals surface area contributed by atoms with E-state index in [9.17, 15) is 8.42 Å². The second-order valence-corrected chi connectivity index (χ2v) is 6.62. The highest BCUT2D eigenvalue weighted by Gasteiger charge is 2.22.